The number of benzene rings is 1. The molecule has 25 heavy (non-hydrogen) atoms. The fourth-order valence-corrected chi connectivity index (χ4v) is 3.38. The summed E-state index contributed by atoms with van der Waals surface area (Å²) in [5.74, 6) is 2.47. The van der Waals surface area contributed by atoms with Gasteiger partial charge in [-0.3, -0.25) is 4.90 Å². The Kier molecular flexibility index (Phi) is 4.55. The molecule has 0 spiro atoms. The highest BCUT2D eigenvalue weighted by atomic mass is 16.6. The van der Waals surface area contributed by atoms with Crippen molar-refractivity contribution in [1.82, 2.24) is 14.9 Å². The van der Waals surface area contributed by atoms with Crippen LogP contribution in [0.15, 0.2) is 24.3 Å². The Morgan fingerprint density at radius 2 is 1.88 bits per heavy atom. The molecule has 2 aromatic rings. The Bertz CT molecular complexity index is 745. The quantitative estimate of drug-likeness (QED) is 0.855. The molecule has 0 radical (unpaired) electrons. The zero-order chi connectivity index (χ0) is 17.2. The van der Waals surface area contributed by atoms with Crippen molar-refractivity contribution in [2.75, 3.05) is 32.9 Å². The van der Waals surface area contributed by atoms with Gasteiger partial charge in [-0.15, -0.1) is 0 Å². The summed E-state index contributed by atoms with van der Waals surface area (Å²) >= 11 is 0. The first-order chi connectivity index (χ1) is 12.2. The third-order valence-electron chi connectivity index (χ3n) is 4.48. The van der Waals surface area contributed by atoms with Crippen LogP contribution in [0.25, 0.3) is 0 Å². The van der Waals surface area contributed by atoms with E-state index in [1.165, 1.54) is 5.56 Å². The van der Waals surface area contributed by atoms with Crippen molar-refractivity contribution in [2.45, 2.75) is 26.5 Å². The molecule has 0 aliphatic carbocycles. The second-order valence-electron chi connectivity index (χ2n) is 6.55. The first-order valence-electron chi connectivity index (χ1n) is 8.72. The maximum Gasteiger partial charge on any atom is 0.161 e. The van der Waals surface area contributed by atoms with E-state index in [4.69, 9.17) is 14.2 Å². The molecule has 4 rings (SSSR count). The number of hydrogen-bond acceptors (Lipinski definition) is 6. The summed E-state index contributed by atoms with van der Waals surface area (Å²) in [6.45, 7) is 8.45. The molecule has 2 aliphatic rings. The number of hydrogen-bond donors (Lipinski definition) is 0. The molecule has 0 N–H and O–H groups in total. The first-order valence-corrected chi connectivity index (χ1v) is 8.72. The topological polar surface area (TPSA) is 56.7 Å². The van der Waals surface area contributed by atoms with Gasteiger partial charge in [-0.2, -0.15) is 0 Å². The van der Waals surface area contributed by atoms with Crippen molar-refractivity contribution < 1.29 is 14.2 Å². The highest BCUT2D eigenvalue weighted by Crippen LogP contribution is 2.31. The van der Waals surface area contributed by atoms with Gasteiger partial charge >= 0.3 is 0 Å². The van der Waals surface area contributed by atoms with Gasteiger partial charge < -0.3 is 14.2 Å². The number of nitrogens with zero attached hydrogens (tertiary/aromatic N) is 3. The molecule has 1 atom stereocenters. The summed E-state index contributed by atoms with van der Waals surface area (Å²) in [6, 6.07) is 8.21. The monoisotopic (exact) mass is 341 g/mol. The number of fused-ring (bicyclic) bond motifs is 1. The van der Waals surface area contributed by atoms with Crippen molar-refractivity contribution in [3.63, 3.8) is 0 Å². The minimum absolute atomic E-state index is 0.00800. The van der Waals surface area contributed by atoms with Gasteiger partial charge in [0.2, 0.25) is 0 Å². The van der Waals surface area contributed by atoms with Gasteiger partial charge in [0.25, 0.3) is 0 Å². The standard InChI is InChI=1S/C19H23N3O3/c1-13-9-16(21-14(2)20-13)19-12-22(5-6-23-19)11-15-3-4-17-18(10-15)25-8-7-24-17/h3-4,9-10,19H,5-8,11-12H2,1-2H3/t19-/m1/s1. The summed E-state index contributed by atoms with van der Waals surface area (Å²) in [5.41, 5.74) is 3.17. The molecular formula is C19H23N3O3. The Labute approximate surface area is 147 Å². The van der Waals surface area contributed by atoms with Crippen LogP contribution < -0.4 is 9.47 Å². The van der Waals surface area contributed by atoms with Crippen molar-refractivity contribution in [1.29, 1.82) is 0 Å². The molecular weight excluding hydrogens is 318 g/mol. The minimum atomic E-state index is -0.00800. The Morgan fingerprint density at radius 1 is 1.04 bits per heavy atom. The highest BCUT2D eigenvalue weighted by molar-refractivity contribution is 5.43. The van der Waals surface area contributed by atoms with E-state index in [0.717, 1.165) is 48.3 Å². The van der Waals surface area contributed by atoms with E-state index in [2.05, 4.69) is 27.0 Å². The van der Waals surface area contributed by atoms with Crippen molar-refractivity contribution in [3.05, 3.63) is 47.0 Å². The van der Waals surface area contributed by atoms with Crippen LogP contribution in [0.3, 0.4) is 0 Å². The van der Waals surface area contributed by atoms with E-state index in [1.54, 1.807) is 0 Å². The zero-order valence-electron chi connectivity index (χ0n) is 14.7. The van der Waals surface area contributed by atoms with Crippen molar-refractivity contribution >= 4 is 0 Å². The summed E-state index contributed by atoms with van der Waals surface area (Å²) in [6.07, 6.45) is -0.00800. The van der Waals surface area contributed by atoms with Gasteiger partial charge in [0.15, 0.2) is 11.5 Å². The average Bonchev–Trinajstić information content (AvgIpc) is 2.61. The van der Waals surface area contributed by atoms with Crippen LogP contribution in [-0.2, 0) is 11.3 Å². The van der Waals surface area contributed by atoms with E-state index in [1.807, 2.05) is 26.0 Å². The SMILES string of the molecule is Cc1cc([C@H]2CN(Cc3ccc4c(c3)OCCO4)CCO2)nc(C)n1. The van der Waals surface area contributed by atoms with Crippen LogP contribution in [0.1, 0.15) is 28.9 Å². The van der Waals surface area contributed by atoms with E-state index in [-0.39, 0.29) is 6.10 Å². The highest BCUT2D eigenvalue weighted by Gasteiger charge is 2.24. The maximum atomic E-state index is 5.96. The van der Waals surface area contributed by atoms with Gasteiger partial charge in [0, 0.05) is 25.3 Å². The molecule has 0 saturated carbocycles. The van der Waals surface area contributed by atoms with Crippen LogP contribution in [0.4, 0.5) is 0 Å². The number of aryl methyl sites for hydroxylation is 2. The first kappa shape index (κ1) is 16.3. The van der Waals surface area contributed by atoms with E-state index in [9.17, 15) is 0 Å². The minimum Gasteiger partial charge on any atom is -0.486 e. The number of aromatic nitrogens is 2. The summed E-state index contributed by atoms with van der Waals surface area (Å²) in [4.78, 5) is 11.3. The predicted molar refractivity (Wildman–Crippen MR) is 92.9 cm³/mol. The maximum absolute atomic E-state index is 5.96. The Hall–Kier alpha value is -2.18. The fraction of sp³-hybridized carbons (Fsp3) is 0.474. The van der Waals surface area contributed by atoms with Crippen LogP contribution in [0.5, 0.6) is 11.5 Å². The van der Waals surface area contributed by atoms with E-state index >= 15 is 0 Å². The lowest BCUT2D eigenvalue weighted by Crippen LogP contribution is -2.38. The molecule has 132 valence electrons. The van der Waals surface area contributed by atoms with Crippen LogP contribution >= 0.6 is 0 Å². The average molecular weight is 341 g/mol. The number of rotatable bonds is 3. The summed E-state index contributed by atoms with van der Waals surface area (Å²) in [5, 5.41) is 0. The predicted octanol–water partition coefficient (Wildman–Crippen LogP) is 2.44. The van der Waals surface area contributed by atoms with E-state index in [0.29, 0.717) is 19.8 Å². The van der Waals surface area contributed by atoms with E-state index < -0.39 is 0 Å². The van der Waals surface area contributed by atoms with Crippen LogP contribution in [0, 0.1) is 13.8 Å². The molecule has 1 aromatic carbocycles. The third-order valence-corrected chi connectivity index (χ3v) is 4.48. The summed E-state index contributed by atoms with van der Waals surface area (Å²) < 4.78 is 17.2. The fourth-order valence-electron chi connectivity index (χ4n) is 3.38. The normalized spacial score (nSPS) is 20.5. The van der Waals surface area contributed by atoms with Crippen molar-refractivity contribution in [3.8, 4) is 11.5 Å². The van der Waals surface area contributed by atoms with Crippen LogP contribution in [0.2, 0.25) is 0 Å². The molecule has 3 heterocycles. The second-order valence-corrected chi connectivity index (χ2v) is 6.55. The lowest BCUT2D eigenvalue weighted by molar-refractivity contribution is -0.0351. The van der Waals surface area contributed by atoms with Crippen LogP contribution in [-0.4, -0.2) is 47.8 Å². The molecule has 0 unspecified atom stereocenters. The lowest BCUT2D eigenvalue weighted by atomic mass is 10.1. The second kappa shape index (κ2) is 6.98. The summed E-state index contributed by atoms with van der Waals surface area (Å²) in [7, 11) is 0. The Balaban J connectivity index is 1.46. The Morgan fingerprint density at radius 3 is 2.72 bits per heavy atom. The molecule has 0 amide bonds. The van der Waals surface area contributed by atoms with Gasteiger partial charge in [-0.25, -0.2) is 9.97 Å². The lowest BCUT2D eigenvalue weighted by Gasteiger charge is -2.33. The van der Waals surface area contributed by atoms with Crippen molar-refractivity contribution in [2.24, 2.45) is 0 Å². The largest absolute Gasteiger partial charge is 0.486 e. The molecule has 1 aromatic heterocycles. The molecule has 6 nitrogen and oxygen atoms in total. The third kappa shape index (κ3) is 3.75. The molecule has 0 bridgehead atoms. The number of morpholine rings is 1. The number of ether oxygens (including phenoxy) is 3. The van der Waals surface area contributed by atoms with Gasteiger partial charge in [0.05, 0.1) is 12.3 Å². The van der Waals surface area contributed by atoms with Gasteiger partial charge in [-0.1, -0.05) is 6.07 Å². The molecule has 1 saturated heterocycles. The zero-order valence-corrected chi connectivity index (χ0v) is 14.7. The molecule has 1 fully saturated rings. The van der Waals surface area contributed by atoms with Gasteiger partial charge in [-0.05, 0) is 37.6 Å². The van der Waals surface area contributed by atoms with Gasteiger partial charge in [0.1, 0.15) is 25.1 Å². The smallest absolute Gasteiger partial charge is 0.161 e. The molecule has 2 aliphatic heterocycles. The molecule has 6 heteroatoms.